The predicted molar refractivity (Wildman–Crippen MR) is 60.3 cm³/mol. The number of hydrogen-bond donors (Lipinski definition) is 4. The largest absolute Gasteiger partial charge is 0.394 e. The molecule has 0 spiro atoms. The zero-order valence-electron chi connectivity index (χ0n) is 9.80. The molecule has 1 aliphatic carbocycles. The lowest BCUT2D eigenvalue weighted by molar-refractivity contribution is -0.141. The number of carbonyl (C=O) groups excluding carboxylic acids is 1. The molecule has 1 unspecified atom stereocenters. The van der Waals surface area contributed by atoms with Crippen LogP contribution in [-0.4, -0.2) is 70.1 Å². The van der Waals surface area contributed by atoms with E-state index in [9.17, 15) is 20.1 Å². The highest BCUT2D eigenvalue weighted by atomic mass is 16.3. The second-order valence-electron chi connectivity index (χ2n) is 4.97. The first kappa shape index (κ1) is 12.8. The molecule has 98 valence electrons. The van der Waals surface area contributed by atoms with Crippen molar-refractivity contribution < 1.29 is 20.1 Å². The smallest absolute Gasteiger partial charge is 0.240 e. The number of rotatable bonds is 6. The molecule has 0 bridgehead atoms. The molecule has 2 fully saturated rings. The molecule has 2 rings (SSSR count). The SMILES string of the molecule is O=C1C(NC2CC2)CCN1C(CO)(CO)CO. The molecule has 1 saturated heterocycles. The van der Waals surface area contributed by atoms with E-state index < -0.39 is 25.4 Å². The second-order valence-corrected chi connectivity index (χ2v) is 4.97. The van der Waals surface area contributed by atoms with Crippen LogP contribution >= 0.6 is 0 Å². The van der Waals surface area contributed by atoms with Gasteiger partial charge >= 0.3 is 0 Å². The summed E-state index contributed by atoms with van der Waals surface area (Å²) in [5.41, 5.74) is -1.23. The van der Waals surface area contributed by atoms with Crippen LogP contribution in [0.3, 0.4) is 0 Å². The van der Waals surface area contributed by atoms with Crippen LogP contribution in [0.4, 0.5) is 0 Å². The van der Waals surface area contributed by atoms with Crippen molar-refractivity contribution >= 4 is 5.91 Å². The molecule has 1 saturated carbocycles. The van der Waals surface area contributed by atoms with Gasteiger partial charge in [-0.25, -0.2) is 0 Å². The monoisotopic (exact) mass is 244 g/mol. The molecule has 0 radical (unpaired) electrons. The number of aliphatic hydroxyl groups excluding tert-OH is 3. The molecule has 2 aliphatic rings. The Labute approximate surface area is 100 Å². The summed E-state index contributed by atoms with van der Waals surface area (Å²) >= 11 is 0. The number of likely N-dealkylation sites (tertiary alicyclic amines) is 1. The lowest BCUT2D eigenvalue weighted by Crippen LogP contribution is -2.59. The van der Waals surface area contributed by atoms with Gasteiger partial charge in [0, 0.05) is 12.6 Å². The maximum absolute atomic E-state index is 12.1. The number of carbonyl (C=O) groups is 1. The molecule has 1 amide bonds. The van der Waals surface area contributed by atoms with Crippen molar-refractivity contribution in [2.75, 3.05) is 26.4 Å². The average molecular weight is 244 g/mol. The summed E-state index contributed by atoms with van der Waals surface area (Å²) in [5, 5.41) is 31.1. The minimum Gasteiger partial charge on any atom is -0.394 e. The molecular weight excluding hydrogens is 224 g/mol. The van der Waals surface area contributed by atoms with Gasteiger partial charge in [-0.1, -0.05) is 0 Å². The van der Waals surface area contributed by atoms with Crippen molar-refractivity contribution in [2.45, 2.75) is 36.9 Å². The van der Waals surface area contributed by atoms with E-state index in [4.69, 9.17) is 0 Å². The fourth-order valence-corrected chi connectivity index (χ4v) is 2.25. The van der Waals surface area contributed by atoms with Crippen molar-refractivity contribution in [3.8, 4) is 0 Å². The Hall–Kier alpha value is -0.690. The summed E-state index contributed by atoms with van der Waals surface area (Å²) in [6, 6.07) is 0.210. The highest BCUT2D eigenvalue weighted by molar-refractivity contribution is 5.85. The molecule has 6 heteroatoms. The Morgan fingerprint density at radius 2 is 1.76 bits per heavy atom. The van der Waals surface area contributed by atoms with Gasteiger partial charge in [-0.05, 0) is 19.3 Å². The minimum atomic E-state index is -1.23. The van der Waals surface area contributed by atoms with E-state index in [1.54, 1.807) is 0 Å². The van der Waals surface area contributed by atoms with E-state index in [0.717, 1.165) is 12.8 Å². The highest BCUT2D eigenvalue weighted by Gasteiger charge is 2.45. The first-order valence-corrected chi connectivity index (χ1v) is 6.07. The Balaban J connectivity index is 2.03. The van der Waals surface area contributed by atoms with Gasteiger partial charge in [0.25, 0.3) is 0 Å². The molecule has 6 nitrogen and oxygen atoms in total. The van der Waals surface area contributed by atoms with Gasteiger partial charge in [0.15, 0.2) is 0 Å². The lowest BCUT2D eigenvalue weighted by atomic mass is 10.0. The third-order valence-electron chi connectivity index (χ3n) is 3.68. The molecule has 17 heavy (non-hydrogen) atoms. The lowest BCUT2D eigenvalue weighted by Gasteiger charge is -2.37. The van der Waals surface area contributed by atoms with E-state index in [-0.39, 0.29) is 11.9 Å². The molecular formula is C11H20N2O4. The average Bonchev–Trinajstić information content (AvgIpc) is 3.10. The Morgan fingerprint density at radius 3 is 2.24 bits per heavy atom. The summed E-state index contributed by atoms with van der Waals surface area (Å²) in [6.07, 6.45) is 2.88. The standard InChI is InChI=1S/C11H20N2O4/c14-5-11(6-15,7-16)13-4-3-9(10(13)17)12-8-1-2-8/h8-9,12,14-16H,1-7H2. The van der Waals surface area contributed by atoms with Crippen molar-refractivity contribution in [3.63, 3.8) is 0 Å². The summed E-state index contributed by atoms with van der Waals surface area (Å²) < 4.78 is 0. The van der Waals surface area contributed by atoms with Crippen LogP contribution in [0.2, 0.25) is 0 Å². The van der Waals surface area contributed by atoms with Crippen molar-refractivity contribution in [2.24, 2.45) is 0 Å². The van der Waals surface area contributed by atoms with Crippen LogP contribution in [0, 0.1) is 0 Å². The molecule has 1 aliphatic heterocycles. The zero-order chi connectivity index (χ0) is 12.5. The summed E-state index contributed by atoms with van der Waals surface area (Å²) in [6.45, 7) is -0.823. The van der Waals surface area contributed by atoms with Crippen molar-refractivity contribution in [1.82, 2.24) is 10.2 Å². The summed E-state index contributed by atoms with van der Waals surface area (Å²) in [7, 11) is 0. The molecule has 0 aromatic carbocycles. The van der Waals surface area contributed by atoms with Crippen molar-refractivity contribution in [3.05, 3.63) is 0 Å². The van der Waals surface area contributed by atoms with E-state index >= 15 is 0 Å². The Kier molecular flexibility index (Phi) is 3.67. The minimum absolute atomic E-state index is 0.131. The van der Waals surface area contributed by atoms with Crippen LogP contribution < -0.4 is 5.32 Å². The summed E-state index contributed by atoms with van der Waals surface area (Å²) in [5.74, 6) is -0.131. The van der Waals surface area contributed by atoms with E-state index in [0.29, 0.717) is 19.0 Å². The van der Waals surface area contributed by atoms with Crippen LogP contribution in [0.1, 0.15) is 19.3 Å². The third kappa shape index (κ3) is 2.30. The van der Waals surface area contributed by atoms with E-state index in [1.807, 2.05) is 0 Å². The third-order valence-corrected chi connectivity index (χ3v) is 3.68. The predicted octanol–water partition coefficient (Wildman–Crippen LogP) is -1.94. The second kappa shape index (κ2) is 4.89. The van der Waals surface area contributed by atoms with Gasteiger partial charge < -0.3 is 25.5 Å². The number of hydrogen-bond acceptors (Lipinski definition) is 5. The van der Waals surface area contributed by atoms with Gasteiger partial charge in [-0.2, -0.15) is 0 Å². The topological polar surface area (TPSA) is 93.0 Å². The first-order valence-electron chi connectivity index (χ1n) is 6.07. The number of aliphatic hydroxyl groups is 3. The number of nitrogens with zero attached hydrogens (tertiary/aromatic N) is 1. The highest BCUT2D eigenvalue weighted by Crippen LogP contribution is 2.26. The van der Waals surface area contributed by atoms with E-state index in [1.165, 1.54) is 4.90 Å². The van der Waals surface area contributed by atoms with Gasteiger partial charge in [0.1, 0.15) is 5.54 Å². The zero-order valence-corrected chi connectivity index (χ0v) is 9.80. The fourth-order valence-electron chi connectivity index (χ4n) is 2.25. The molecule has 0 aromatic rings. The molecule has 0 aromatic heterocycles. The molecule has 4 N–H and O–H groups in total. The molecule has 1 heterocycles. The Morgan fingerprint density at radius 1 is 1.18 bits per heavy atom. The van der Waals surface area contributed by atoms with Gasteiger partial charge in [0.2, 0.25) is 5.91 Å². The van der Waals surface area contributed by atoms with Crippen LogP contribution in [-0.2, 0) is 4.79 Å². The number of amides is 1. The van der Waals surface area contributed by atoms with Crippen LogP contribution in [0.5, 0.6) is 0 Å². The fraction of sp³-hybridized carbons (Fsp3) is 0.909. The Bertz CT molecular complexity index is 281. The van der Waals surface area contributed by atoms with Gasteiger partial charge in [-0.15, -0.1) is 0 Å². The van der Waals surface area contributed by atoms with Crippen LogP contribution in [0.25, 0.3) is 0 Å². The van der Waals surface area contributed by atoms with Gasteiger partial charge in [-0.3, -0.25) is 4.79 Å². The normalized spacial score (nSPS) is 25.7. The molecule has 1 atom stereocenters. The number of nitrogens with one attached hydrogen (secondary N) is 1. The van der Waals surface area contributed by atoms with Crippen LogP contribution in [0.15, 0.2) is 0 Å². The maximum atomic E-state index is 12.1. The van der Waals surface area contributed by atoms with E-state index in [2.05, 4.69) is 5.32 Å². The van der Waals surface area contributed by atoms with Crippen molar-refractivity contribution in [1.29, 1.82) is 0 Å². The maximum Gasteiger partial charge on any atom is 0.240 e. The quantitative estimate of drug-likeness (QED) is 0.436. The van der Waals surface area contributed by atoms with Gasteiger partial charge in [0.05, 0.1) is 25.9 Å². The first-order chi connectivity index (χ1) is 8.16. The summed E-state index contributed by atoms with van der Waals surface area (Å²) in [4.78, 5) is 13.5.